The maximum atomic E-state index is 8.52. The van der Waals surface area contributed by atoms with E-state index in [1.165, 1.54) is 0 Å². The molecule has 11 heavy (non-hydrogen) atoms. The normalized spacial score (nSPS) is 8.45. The van der Waals surface area contributed by atoms with Crippen molar-refractivity contribution >= 4 is 21.8 Å². The molecular weight excluding hydrogens is 303 g/mol. The zero-order valence-electron chi connectivity index (χ0n) is 4.28. The monoisotopic (exact) mass is 302 g/mol. The molecular formula is Cu2O7S2. The van der Waals surface area contributed by atoms with Crippen molar-refractivity contribution in [3.05, 3.63) is 0 Å². The largest absolute Gasteiger partial charge is 2.00 e. The van der Waals surface area contributed by atoms with Crippen LogP contribution in [-0.2, 0) is 55.9 Å². The first-order chi connectivity index (χ1) is 3.73. The molecule has 2 radical (unpaired) electrons. The molecule has 0 amide bonds. The molecule has 11 heteroatoms. The predicted octanol–water partition coefficient (Wildman–Crippen LogP) is -2.35. The molecule has 0 heterocycles. The van der Waals surface area contributed by atoms with E-state index in [-0.39, 0.29) is 34.1 Å². The van der Waals surface area contributed by atoms with Crippen LogP contribution >= 0.6 is 0 Å². The summed E-state index contributed by atoms with van der Waals surface area (Å²) in [5.74, 6) is 0. The van der Waals surface area contributed by atoms with Gasteiger partial charge in [-0.1, -0.05) is 0 Å². The van der Waals surface area contributed by atoms with Crippen molar-refractivity contribution in [3.63, 3.8) is 0 Å². The Balaban J connectivity index is -0.0000000383. The fourth-order valence-electron chi connectivity index (χ4n) is 0. The van der Waals surface area contributed by atoms with E-state index in [0.717, 1.165) is 0 Å². The summed E-state index contributed by atoms with van der Waals surface area (Å²) in [4.78, 5) is 0. The number of hydrogen-bond acceptors (Lipinski definition) is 7. The summed E-state index contributed by atoms with van der Waals surface area (Å²) in [6.45, 7) is 0. The van der Waals surface area contributed by atoms with E-state index in [9.17, 15) is 0 Å². The quantitative estimate of drug-likeness (QED) is 0.211. The second-order valence-corrected chi connectivity index (χ2v) is 1.84. The van der Waals surface area contributed by atoms with Crippen molar-refractivity contribution in [2.24, 2.45) is 0 Å². The Bertz CT molecular complexity index is 157. The van der Waals surface area contributed by atoms with Crippen molar-refractivity contribution in [1.29, 1.82) is 0 Å². The van der Waals surface area contributed by atoms with E-state index in [1.54, 1.807) is 0 Å². The van der Waals surface area contributed by atoms with Gasteiger partial charge in [-0.3, -0.25) is 12.6 Å². The van der Waals surface area contributed by atoms with Gasteiger partial charge in [0.05, 0.1) is 0 Å². The van der Waals surface area contributed by atoms with Crippen LogP contribution in [0.15, 0.2) is 0 Å². The van der Waals surface area contributed by atoms with Crippen LogP contribution < -0.4 is 0 Å². The molecule has 0 N–H and O–H groups in total. The van der Waals surface area contributed by atoms with Crippen molar-refractivity contribution in [1.82, 2.24) is 0 Å². The van der Waals surface area contributed by atoms with Gasteiger partial charge < -0.3 is 18.2 Å². The van der Waals surface area contributed by atoms with Crippen LogP contribution in [0.5, 0.6) is 0 Å². The first-order valence-electron chi connectivity index (χ1n) is 1.17. The van der Waals surface area contributed by atoms with Crippen LogP contribution in [0, 0.1) is 0 Å². The standard InChI is InChI=1S/2Cu.H2O4S.H2O3S/c;;1-5(2,3)4;1-4(2)3/h;;(H2,1,2,3,4);(H2,1,2,3)/q2*+2;;/p-4. The maximum Gasteiger partial charge on any atom is 2.00 e. The summed E-state index contributed by atoms with van der Waals surface area (Å²) in [7, 11) is -5.17. The van der Waals surface area contributed by atoms with Gasteiger partial charge in [-0.25, -0.2) is 0 Å². The van der Waals surface area contributed by atoms with Crippen LogP contribution in [0.3, 0.4) is 0 Å². The van der Waals surface area contributed by atoms with Gasteiger partial charge in [-0.2, -0.15) is 0 Å². The van der Waals surface area contributed by atoms with Gasteiger partial charge in [0.1, 0.15) is 0 Å². The zero-order valence-corrected chi connectivity index (χ0v) is 7.79. The minimum absolute atomic E-state index is 0. The molecule has 0 rings (SSSR count). The van der Waals surface area contributed by atoms with E-state index in [1.807, 2.05) is 0 Å². The van der Waals surface area contributed by atoms with E-state index in [2.05, 4.69) is 0 Å². The Morgan fingerprint density at radius 2 is 1.00 bits per heavy atom. The Morgan fingerprint density at radius 1 is 1.00 bits per heavy atom. The minimum Gasteiger partial charge on any atom is -0.784 e. The van der Waals surface area contributed by atoms with Crippen molar-refractivity contribution in [3.8, 4) is 0 Å². The van der Waals surface area contributed by atoms with Gasteiger partial charge in [0.25, 0.3) is 0 Å². The molecule has 0 spiro atoms. The third kappa shape index (κ3) is 924. The third-order valence-corrected chi connectivity index (χ3v) is 0. The smallest absolute Gasteiger partial charge is 0.784 e. The Kier molecular flexibility index (Phi) is 22.6. The van der Waals surface area contributed by atoms with Gasteiger partial charge in [-0.15, -0.1) is 11.4 Å². The van der Waals surface area contributed by atoms with Gasteiger partial charge in [0, 0.05) is 10.4 Å². The molecule has 0 fully saturated rings. The van der Waals surface area contributed by atoms with E-state index in [0.29, 0.717) is 0 Å². The topological polar surface area (TPSA) is 143 Å². The first kappa shape index (κ1) is 22.7. The van der Waals surface area contributed by atoms with Gasteiger partial charge >= 0.3 is 34.1 Å². The van der Waals surface area contributed by atoms with Crippen LogP contribution in [0.1, 0.15) is 0 Å². The van der Waals surface area contributed by atoms with E-state index >= 15 is 0 Å². The maximum absolute atomic E-state index is 8.52. The van der Waals surface area contributed by atoms with Crippen molar-refractivity contribution in [2.75, 3.05) is 0 Å². The average molecular weight is 303 g/mol. The van der Waals surface area contributed by atoms with Crippen LogP contribution in [-0.4, -0.2) is 30.8 Å². The fraction of sp³-hybridized carbons (Fsp3) is 0. The molecule has 7 nitrogen and oxygen atoms in total. The van der Waals surface area contributed by atoms with Crippen LogP contribution in [0.25, 0.3) is 0 Å². The summed E-state index contributed by atoms with van der Waals surface area (Å²) in [6.07, 6.45) is 0. The molecule has 0 bridgehead atoms. The number of rotatable bonds is 0. The molecule has 0 aliphatic carbocycles. The molecule has 76 valence electrons. The summed E-state index contributed by atoms with van der Waals surface area (Å²) in [5.41, 5.74) is 0. The first-order valence-corrected chi connectivity index (χ1v) is 3.50. The molecule has 0 saturated heterocycles. The van der Waals surface area contributed by atoms with Crippen molar-refractivity contribution in [2.45, 2.75) is 0 Å². The number of hydrogen-bond donors (Lipinski definition) is 0. The van der Waals surface area contributed by atoms with Crippen molar-refractivity contribution < 1.29 is 65.0 Å². The van der Waals surface area contributed by atoms with Gasteiger partial charge in [0.15, 0.2) is 0 Å². The summed E-state index contributed by atoms with van der Waals surface area (Å²) in [6, 6.07) is 0. The average Bonchev–Trinajstić information content (AvgIpc) is 1.19. The second-order valence-electron chi connectivity index (χ2n) is 0.612. The van der Waals surface area contributed by atoms with Gasteiger partial charge in [-0.05, 0) is 0 Å². The molecule has 0 aromatic rings. The molecule has 0 saturated carbocycles. The predicted molar refractivity (Wildman–Crippen MR) is 20.2 cm³/mol. The van der Waals surface area contributed by atoms with Gasteiger partial charge in [0.2, 0.25) is 0 Å². The van der Waals surface area contributed by atoms with E-state index < -0.39 is 21.8 Å². The Hall–Kier alpha value is 0.979. The molecule has 0 atom stereocenters. The Labute approximate surface area is 86.6 Å². The third-order valence-electron chi connectivity index (χ3n) is 0. The summed E-state index contributed by atoms with van der Waals surface area (Å²) in [5, 5.41) is 0. The minimum atomic E-state index is -5.17. The SMILES string of the molecule is O=S(=O)([O-])[O-].O=S([O-])[O-].[Cu+2].[Cu+2]. The van der Waals surface area contributed by atoms with Crippen LogP contribution in [0.2, 0.25) is 0 Å². The molecule has 0 unspecified atom stereocenters. The Morgan fingerprint density at radius 3 is 1.00 bits per heavy atom. The molecule has 0 aliphatic heterocycles. The summed E-state index contributed by atoms with van der Waals surface area (Å²) >= 11 is -3.11. The molecule has 0 aromatic carbocycles. The zero-order chi connectivity index (χ0) is 8.08. The van der Waals surface area contributed by atoms with Crippen LogP contribution in [0.4, 0.5) is 0 Å². The summed E-state index contributed by atoms with van der Waals surface area (Å²) < 4.78 is 59.4. The fourth-order valence-corrected chi connectivity index (χ4v) is 0. The second kappa shape index (κ2) is 11.0. The molecule has 0 aromatic heterocycles. The van der Waals surface area contributed by atoms with E-state index in [4.69, 9.17) is 30.8 Å². The molecule has 0 aliphatic rings.